The Bertz CT molecular complexity index is 602. The summed E-state index contributed by atoms with van der Waals surface area (Å²) in [7, 11) is 0. The predicted octanol–water partition coefficient (Wildman–Crippen LogP) is 1.89. The lowest BCUT2D eigenvalue weighted by molar-refractivity contribution is -0.131. The van der Waals surface area contributed by atoms with Crippen LogP contribution in [-0.2, 0) is 4.79 Å². The van der Waals surface area contributed by atoms with Crippen molar-refractivity contribution < 1.29 is 4.79 Å². The first-order chi connectivity index (χ1) is 10.3. The minimum atomic E-state index is 0.0551. The number of anilines is 1. The smallest absolute Gasteiger partial charge is 0.220 e. The predicted molar refractivity (Wildman–Crippen MR) is 80.8 cm³/mol. The summed E-state index contributed by atoms with van der Waals surface area (Å²) in [6.45, 7) is 3.85. The van der Waals surface area contributed by atoms with Crippen LogP contribution in [0.1, 0.15) is 18.5 Å². The molecule has 0 aliphatic carbocycles. The van der Waals surface area contributed by atoms with Crippen LogP contribution in [0.3, 0.4) is 0 Å². The summed E-state index contributed by atoms with van der Waals surface area (Å²) in [6, 6.07) is 10.2. The zero-order valence-electron chi connectivity index (χ0n) is 12.0. The SMILES string of the molecule is CC(=O)N1CCN(c2cnccn2)C[C@H]1c1ccccc1. The molecular formula is C16H18N4O. The lowest BCUT2D eigenvalue weighted by Gasteiger charge is -2.41. The van der Waals surface area contributed by atoms with Crippen LogP contribution < -0.4 is 4.90 Å². The fourth-order valence-corrected chi connectivity index (χ4v) is 2.78. The molecule has 1 aromatic carbocycles. The zero-order chi connectivity index (χ0) is 14.7. The Balaban J connectivity index is 1.87. The highest BCUT2D eigenvalue weighted by atomic mass is 16.2. The summed E-state index contributed by atoms with van der Waals surface area (Å²) in [4.78, 5) is 24.5. The van der Waals surface area contributed by atoms with Gasteiger partial charge in [0.2, 0.25) is 5.91 Å². The average Bonchev–Trinajstić information content (AvgIpc) is 2.56. The normalized spacial score (nSPS) is 18.6. The minimum Gasteiger partial charge on any atom is -0.351 e. The number of carbonyl (C=O) groups is 1. The highest BCUT2D eigenvalue weighted by Crippen LogP contribution is 2.27. The number of aromatic nitrogens is 2. The van der Waals surface area contributed by atoms with Crippen LogP contribution in [0.5, 0.6) is 0 Å². The van der Waals surface area contributed by atoms with E-state index < -0.39 is 0 Å². The maximum Gasteiger partial charge on any atom is 0.220 e. The molecule has 1 saturated heterocycles. The molecule has 2 aromatic rings. The van der Waals surface area contributed by atoms with Gasteiger partial charge in [-0.2, -0.15) is 0 Å². The molecule has 0 unspecified atom stereocenters. The molecule has 21 heavy (non-hydrogen) atoms. The van der Waals surface area contributed by atoms with E-state index in [4.69, 9.17) is 0 Å². The Morgan fingerprint density at radius 3 is 2.67 bits per heavy atom. The van der Waals surface area contributed by atoms with Crippen molar-refractivity contribution in [2.45, 2.75) is 13.0 Å². The number of hydrogen-bond acceptors (Lipinski definition) is 4. The van der Waals surface area contributed by atoms with Gasteiger partial charge < -0.3 is 9.80 Å². The molecule has 5 heteroatoms. The number of nitrogens with zero attached hydrogens (tertiary/aromatic N) is 4. The summed E-state index contributed by atoms with van der Waals surface area (Å²) in [5.74, 6) is 0.976. The van der Waals surface area contributed by atoms with E-state index in [1.54, 1.807) is 25.5 Å². The second-order valence-electron chi connectivity index (χ2n) is 5.15. The summed E-state index contributed by atoms with van der Waals surface area (Å²) in [5, 5.41) is 0. The highest BCUT2D eigenvalue weighted by Gasteiger charge is 2.30. The molecule has 1 aromatic heterocycles. The van der Waals surface area contributed by atoms with Gasteiger partial charge in [0, 0.05) is 39.0 Å². The van der Waals surface area contributed by atoms with E-state index in [0.29, 0.717) is 6.54 Å². The van der Waals surface area contributed by atoms with Crippen molar-refractivity contribution in [1.29, 1.82) is 0 Å². The number of rotatable bonds is 2. The van der Waals surface area contributed by atoms with E-state index >= 15 is 0 Å². The van der Waals surface area contributed by atoms with Crippen molar-refractivity contribution in [3.05, 3.63) is 54.5 Å². The molecule has 108 valence electrons. The highest BCUT2D eigenvalue weighted by molar-refractivity contribution is 5.74. The van der Waals surface area contributed by atoms with E-state index in [1.807, 2.05) is 23.1 Å². The lowest BCUT2D eigenvalue weighted by atomic mass is 10.0. The van der Waals surface area contributed by atoms with E-state index in [2.05, 4.69) is 27.0 Å². The number of carbonyl (C=O) groups excluding carboxylic acids is 1. The fourth-order valence-electron chi connectivity index (χ4n) is 2.78. The molecule has 1 aliphatic rings. The fraction of sp³-hybridized carbons (Fsp3) is 0.312. The molecule has 5 nitrogen and oxygen atoms in total. The van der Waals surface area contributed by atoms with Crippen molar-refractivity contribution in [2.24, 2.45) is 0 Å². The van der Waals surface area contributed by atoms with Gasteiger partial charge >= 0.3 is 0 Å². The first kappa shape index (κ1) is 13.5. The summed E-state index contributed by atoms with van der Waals surface area (Å²) < 4.78 is 0. The number of hydrogen-bond donors (Lipinski definition) is 0. The van der Waals surface area contributed by atoms with Crippen LogP contribution in [0, 0.1) is 0 Å². The van der Waals surface area contributed by atoms with Crippen molar-refractivity contribution in [1.82, 2.24) is 14.9 Å². The van der Waals surface area contributed by atoms with Crippen LogP contribution >= 0.6 is 0 Å². The molecule has 1 aliphatic heterocycles. The van der Waals surface area contributed by atoms with Crippen LogP contribution in [0.4, 0.5) is 5.82 Å². The monoisotopic (exact) mass is 282 g/mol. The maximum atomic E-state index is 11.9. The summed E-state index contributed by atoms with van der Waals surface area (Å²) in [5.41, 5.74) is 1.15. The molecule has 1 fully saturated rings. The minimum absolute atomic E-state index is 0.0551. The van der Waals surface area contributed by atoms with E-state index in [-0.39, 0.29) is 11.9 Å². The number of piperazine rings is 1. The third-order valence-corrected chi connectivity index (χ3v) is 3.84. The molecule has 0 radical (unpaired) electrons. The molecule has 0 N–H and O–H groups in total. The second kappa shape index (κ2) is 5.91. The molecule has 0 spiro atoms. The van der Waals surface area contributed by atoms with Crippen molar-refractivity contribution in [3.8, 4) is 0 Å². The van der Waals surface area contributed by atoms with E-state index in [1.165, 1.54) is 0 Å². The van der Waals surface area contributed by atoms with E-state index in [9.17, 15) is 4.79 Å². The Kier molecular flexibility index (Phi) is 3.81. The van der Waals surface area contributed by atoms with Gasteiger partial charge in [-0.15, -0.1) is 0 Å². The van der Waals surface area contributed by atoms with Gasteiger partial charge in [0.15, 0.2) is 0 Å². The van der Waals surface area contributed by atoms with Crippen LogP contribution in [0.2, 0.25) is 0 Å². The third-order valence-electron chi connectivity index (χ3n) is 3.84. The first-order valence-electron chi connectivity index (χ1n) is 7.09. The number of amides is 1. The van der Waals surface area contributed by atoms with Crippen LogP contribution in [-0.4, -0.2) is 40.4 Å². The second-order valence-corrected chi connectivity index (χ2v) is 5.15. The molecule has 1 atom stereocenters. The van der Waals surface area contributed by atoms with Gasteiger partial charge in [0.1, 0.15) is 5.82 Å². The standard InChI is InChI=1S/C16H18N4O/c1-13(21)20-10-9-19(16-11-17-7-8-18-16)12-15(20)14-5-3-2-4-6-14/h2-8,11,15H,9-10,12H2,1H3/t15-/m0/s1. The van der Waals surface area contributed by atoms with Gasteiger partial charge in [0.05, 0.1) is 12.2 Å². The summed E-state index contributed by atoms with van der Waals surface area (Å²) in [6.07, 6.45) is 5.14. The van der Waals surface area contributed by atoms with Gasteiger partial charge in [0.25, 0.3) is 0 Å². The first-order valence-corrected chi connectivity index (χ1v) is 7.09. The van der Waals surface area contributed by atoms with Gasteiger partial charge in [-0.3, -0.25) is 9.78 Å². The van der Waals surface area contributed by atoms with Gasteiger partial charge in [-0.05, 0) is 5.56 Å². The zero-order valence-corrected chi connectivity index (χ0v) is 12.0. The largest absolute Gasteiger partial charge is 0.351 e. The lowest BCUT2D eigenvalue weighted by Crippen LogP contribution is -2.50. The Hall–Kier alpha value is -2.43. The number of benzene rings is 1. The van der Waals surface area contributed by atoms with Crippen molar-refractivity contribution in [2.75, 3.05) is 24.5 Å². The summed E-state index contributed by atoms with van der Waals surface area (Å²) >= 11 is 0. The third kappa shape index (κ3) is 2.86. The molecular weight excluding hydrogens is 264 g/mol. The molecule has 1 amide bonds. The maximum absolute atomic E-state index is 11.9. The Morgan fingerprint density at radius 1 is 1.19 bits per heavy atom. The molecule has 3 rings (SSSR count). The molecule has 2 heterocycles. The quantitative estimate of drug-likeness (QED) is 0.844. The van der Waals surface area contributed by atoms with Gasteiger partial charge in [-0.25, -0.2) is 4.98 Å². The average molecular weight is 282 g/mol. The topological polar surface area (TPSA) is 49.3 Å². The van der Waals surface area contributed by atoms with Gasteiger partial charge in [-0.1, -0.05) is 30.3 Å². The van der Waals surface area contributed by atoms with Crippen molar-refractivity contribution >= 4 is 11.7 Å². The molecule has 0 saturated carbocycles. The Morgan fingerprint density at radius 2 is 2.00 bits per heavy atom. The Labute approximate surface area is 124 Å². The van der Waals surface area contributed by atoms with Crippen LogP contribution in [0.15, 0.2) is 48.9 Å². The van der Waals surface area contributed by atoms with E-state index in [0.717, 1.165) is 24.5 Å². The van der Waals surface area contributed by atoms with Crippen molar-refractivity contribution in [3.63, 3.8) is 0 Å². The molecule has 0 bridgehead atoms. The van der Waals surface area contributed by atoms with Crippen LogP contribution in [0.25, 0.3) is 0 Å².